The second-order valence-corrected chi connectivity index (χ2v) is 7.90. The van der Waals surface area contributed by atoms with Crippen molar-refractivity contribution in [3.63, 3.8) is 0 Å². The van der Waals surface area contributed by atoms with Crippen LogP contribution < -0.4 is 0 Å². The third-order valence-corrected chi connectivity index (χ3v) is 5.00. The van der Waals surface area contributed by atoms with Crippen LogP contribution in [0.25, 0.3) is 0 Å². The molecular weight excluding hydrogens is 318 g/mol. The fourth-order valence-electron chi connectivity index (χ4n) is 1.94. The lowest BCUT2D eigenvalue weighted by atomic mass is 10.1. The van der Waals surface area contributed by atoms with Crippen molar-refractivity contribution < 1.29 is 23.4 Å². The number of sulfonamides is 1. The Morgan fingerprint density at radius 3 is 2.33 bits per heavy atom. The molecule has 1 aromatic carbocycles. The highest BCUT2D eigenvalue weighted by molar-refractivity contribution is 7.89. The first-order chi connectivity index (χ1) is 9.36. The Balaban J connectivity index is 3.42. The van der Waals surface area contributed by atoms with Crippen LogP contribution in [-0.2, 0) is 10.0 Å². The number of aromatic carboxylic acids is 1. The third kappa shape index (κ3) is 4.16. The molecule has 0 heterocycles. The zero-order valence-corrected chi connectivity index (χ0v) is 13.8. The molecule has 1 rings (SSSR count). The number of carboxylic acids is 1. The Kier molecular flexibility index (Phi) is 5.05. The lowest BCUT2D eigenvalue weighted by molar-refractivity contribution is 0.0638. The smallest absolute Gasteiger partial charge is 0.336 e. The summed E-state index contributed by atoms with van der Waals surface area (Å²) in [5.41, 5.74) is -1.28. The van der Waals surface area contributed by atoms with Crippen molar-refractivity contribution in [2.75, 3.05) is 13.6 Å². The van der Waals surface area contributed by atoms with Gasteiger partial charge in [-0.1, -0.05) is 11.6 Å². The maximum absolute atomic E-state index is 12.5. The van der Waals surface area contributed by atoms with Crippen molar-refractivity contribution in [2.45, 2.75) is 31.3 Å². The number of benzene rings is 1. The maximum atomic E-state index is 12.5. The molecule has 0 aliphatic carbocycles. The van der Waals surface area contributed by atoms with Gasteiger partial charge in [0.05, 0.1) is 16.1 Å². The van der Waals surface area contributed by atoms with Gasteiger partial charge in [-0.05, 0) is 38.5 Å². The van der Waals surface area contributed by atoms with E-state index in [1.54, 1.807) is 0 Å². The molecule has 0 spiro atoms. The average molecular weight is 336 g/mol. The fourth-order valence-corrected chi connectivity index (χ4v) is 3.82. The normalized spacial score (nSPS) is 12.7. The van der Waals surface area contributed by atoms with Gasteiger partial charge in [-0.2, -0.15) is 4.31 Å². The highest BCUT2D eigenvalue weighted by Gasteiger charge is 2.29. The lowest BCUT2D eigenvalue weighted by Gasteiger charge is -2.26. The number of aliphatic hydroxyl groups is 1. The first-order valence-corrected chi connectivity index (χ1v) is 7.90. The molecule has 0 radical (unpaired) electrons. The monoisotopic (exact) mass is 335 g/mol. The summed E-state index contributed by atoms with van der Waals surface area (Å²) in [4.78, 5) is 11.0. The first kappa shape index (κ1) is 17.9. The molecule has 0 unspecified atom stereocenters. The first-order valence-electron chi connectivity index (χ1n) is 6.08. The summed E-state index contributed by atoms with van der Waals surface area (Å²) in [6.45, 7) is 4.23. The van der Waals surface area contributed by atoms with E-state index in [9.17, 15) is 18.3 Å². The number of hydrogen-bond acceptors (Lipinski definition) is 4. The Morgan fingerprint density at radius 2 is 1.90 bits per heavy atom. The van der Waals surface area contributed by atoms with Crippen LogP contribution >= 0.6 is 11.6 Å². The molecule has 6 nitrogen and oxygen atoms in total. The summed E-state index contributed by atoms with van der Waals surface area (Å²) in [6, 6.07) is 2.41. The second-order valence-electron chi connectivity index (χ2n) is 5.46. The molecule has 0 aliphatic rings. The van der Waals surface area contributed by atoms with Gasteiger partial charge < -0.3 is 10.2 Å². The quantitative estimate of drug-likeness (QED) is 0.854. The van der Waals surface area contributed by atoms with E-state index < -0.39 is 21.6 Å². The number of hydrogen-bond donors (Lipinski definition) is 2. The zero-order valence-electron chi connectivity index (χ0n) is 12.2. The molecule has 0 amide bonds. The highest BCUT2D eigenvalue weighted by Crippen LogP contribution is 2.27. The molecule has 21 heavy (non-hydrogen) atoms. The minimum atomic E-state index is -3.96. The summed E-state index contributed by atoms with van der Waals surface area (Å²) in [5.74, 6) is -1.25. The molecule has 1 aromatic rings. The van der Waals surface area contributed by atoms with Crippen LogP contribution in [0.5, 0.6) is 0 Å². The van der Waals surface area contributed by atoms with Crippen LogP contribution in [0.4, 0.5) is 0 Å². The SMILES string of the molecule is Cc1c(C(=O)O)cc(Cl)cc1S(=O)(=O)N(C)CC(C)(C)O. The number of carbonyl (C=O) groups is 1. The highest BCUT2D eigenvalue weighted by atomic mass is 35.5. The van der Waals surface area contributed by atoms with Gasteiger partial charge in [-0.3, -0.25) is 0 Å². The van der Waals surface area contributed by atoms with Crippen LogP contribution in [0.15, 0.2) is 17.0 Å². The second kappa shape index (κ2) is 5.92. The Morgan fingerprint density at radius 1 is 1.38 bits per heavy atom. The molecule has 0 aliphatic heterocycles. The molecule has 0 saturated heterocycles. The minimum Gasteiger partial charge on any atom is -0.478 e. The van der Waals surface area contributed by atoms with Crippen LogP contribution in [0.2, 0.25) is 5.02 Å². The van der Waals surface area contributed by atoms with Gasteiger partial charge in [0.25, 0.3) is 0 Å². The molecule has 0 atom stereocenters. The number of rotatable bonds is 5. The zero-order chi connectivity index (χ0) is 16.6. The Hall–Kier alpha value is -1.15. The van der Waals surface area contributed by atoms with Crippen molar-refractivity contribution in [2.24, 2.45) is 0 Å². The van der Waals surface area contributed by atoms with Crippen LogP contribution in [0.1, 0.15) is 29.8 Å². The summed E-state index contributed by atoms with van der Waals surface area (Å²) in [6.07, 6.45) is 0. The van der Waals surface area contributed by atoms with E-state index >= 15 is 0 Å². The van der Waals surface area contributed by atoms with E-state index in [2.05, 4.69) is 0 Å². The molecule has 8 heteroatoms. The predicted octanol–water partition coefficient (Wildman–Crippen LogP) is 1.74. The van der Waals surface area contributed by atoms with Crippen molar-refractivity contribution in [1.29, 1.82) is 0 Å². The summed E-state index contributed by atoms with van der Waals surface area (Å²) < 4.78 is 26.0. The van der Waals surface area contributed by atoms with Crippen LogP contribution in [-0.4, -0.2) is 48.1 Å². The van der Waals surface area contributed by atoms with E-state index in [0.717, 1.165) is 4.31 Å². The maximum Gasteiger partial charge on any atom is 0.336 e. The van der Waals surface area contributed by atoms with Gasteiger partial charge in [-0.15, -0.1) is 0 Å². The largest absolute Gasteiger partial charge is 0.478 e. The number of halogens is 1. The van der Waals surface area contributed by atoms with E-state index in [-0.39, 0.29) is 27.6 Å². The standard InChI is InChI=1S/C13H18ClNO5S/c1-8-10(12(16)17)5-9(14)6-11(8)21(19,20)15(4)7-13(2,3)18/h5-6,18H,7H2,1-4H3,(H,16,17). The van der Waals surface area contributed by atoms with Gasteiger partial charge in [0.15, 0.2) is 0 Å². The molecule has 118 valence electrons. The Bertz CT molecular complexity index is 664. The third-order valence-electron chi connectivity index (χ3n) is 2.85. The number of nitrogens with zero attached hydrogens (tertiary/aromatic N) is 1. The Labute approximate surface area is 129 Å². The molecule has 0 saturated carbocycles. The van der Waals surface area contributed by atoms with Gasteiger partial charge in [0.2, 0.25) is 10.0 Å². The van der Waals surface area contributed by atoms with Crippen LogP contribution in [0.3, 0.4) is 0 Å². The molecule has 0 aromatic heterocycles. The van der Waals surface area contributed by atoms with Gasteiger partial charge in [-0.25, -0.2) is 13.2 Å². The van der Waals surface area contributed by atoms with Gasteiger partial charge in [0.1, 0.15) is 0 Å². The number of likely N-dealkylation sites (N-methyl/N-ethyl adjacent to an activating group) is 1. The molecule has 0 fully saturated rings. The fraction of sp³-hybridized carbons (Fsp3) is 0.462. The van der Waals surface area contributed by atoms with Gasteiger partial charge >= 0.3 is 5.97 Å². The van der Waals surface area contributed by atoms with Crippen LogP contribution in [0, 0.1) is 6.92 Å². The minimum absolute atomic E-state index is 0.0215. The van der Waals surface area contributed by atoms with Crippen molar-refractivity contribution in [1.82, 2.24) is 4.31 Å². The summed E-state index contributed by atoms with van der Waals surface area (Å²) in [7, 11) is -2.64. The van der Waals surface area contributed by atoms with E-state index in [0.29, 0.717) is 0 Å². The molecule has 2 N–H and O–H groups in total. The lowest BCUT2D eigenvalue weighted by Crippen LogP contribution is -2.40. The van der Waals surface area contributed by atoms with Gasteiger partial charge in [0, 0.05) is 18.6 Å². The summed E-state index contributed by atoms with van der Waals surface area (Å²) in [5, 5.41) is 18.9. The summed E-state index contributed by atoms with van der Waals surface area (Å²) >= 11 is 5.81. The topological polar surface area (TPSA) is 94.9 Å². The van der Waals surface area contributed by atoms with E-state index in [4.69, 9.17) is 16.7 Å². The van der Waals surface area contributed by atoms with E-state index in [1.807, 2.05) is 0 Å². The average Bonchev–Trinajstić information content (AvgIpc) is 2.28. The van der Waals surface area contributed by atoms with Crippen molar-refractivity contribution >= 4 is 27.6 Å². The van der Waals surface area contributed by atoms with Crippen molar-refractivity contribution in [3.8, 4) is 0 Å². The van der Waals surface area contributed by atoms with Crippen molar-refractivity contribution in [3.05, 3.63) is 28.3 Å². The predicted molar refractivity (Wildman–Crippen MR) is 79.3 cm³/mol. The number of carboxylic acid groups (broad SMARTS) is 1. The molecule has 0 bridgehead atoms. The van der Waals surface area contributed by atoms with E-state index in [1.165, 1.54) is 40.0 Å². The molecular formula is C13H18ClNO5S.